The van der Waals surface area contributed by atoms with Crippen molar-refractivity contribution in [3.8, 4) is 0 Å². The van der Waals surface area contributed by atoms with Crippen molar-refractivity contribution in [3.63, 3.8) is 0 Å². The van der Waals surface area contributed by atoms with Crippen molar-refractivity contribution >= 4 is 0 Å². The Labute approximate surface area is 192 Å². The van der Waals surface area contributed by atoms with Crippen LogP contribution in [0.3, 0.4) is 0 Å². The zero-order valence-electron chi connectivity index (χ0n) is 19.9. The molecule has 0 bridgehead atoms. The van der Waals surface area contributed by atoms with Crippen molar-refractivity contribution in [2.45, 2.75) is 76.9 Å². The van der Waals surface area contributed by atoms with E-state index in [4.69, 9.17) is 0 Å². The van der Waals surface area contributed by atoms with Gasteiger partial charge < -0.3 is 10.2 Å². The first-order valence-electron chi connectivity index (χ1n) is 12.4. The number of hydrogen-bond acceptors (Lipinski definition) is 4. The quantitative estimate of drug-likeness (QED) is 0.751. The summed E-state index contributed by atoms with van der Waals surface area (Å²) in [5.41, 5.74) is 5.19. The molecule has 0 saturated carbocycles. The molecule has 4 nitrogen and oxygen atoms in total. The van der Waals surface area contributed by atoms with Crippen LogP contribution in [0.2, 0.25) is 0 Å². The summed E-state index contributed by atoms with van der Waals surface area (Å²) >= 11 is 0. The first-order valence-corrected chi connectivity index (χ1v) is 12.4. The Morgan fingerprint density at radius 2 is 1.00 bits per heavy atom. The van der Waals surface area contributed by atoms with E-state index in [-0.39, 0.29) is 24.3 Å². The Balaban J connectivity index is 1.45. The lowest BCUT2D eigenvalue weighted by atomic mass is 9.88. The van der Waals surface area contributed by atoms with Crippen LogP contribution in [-0.4, -0.2) is 57.4 Å². The van der Waals surface area contributed by atoms with E-state index in [1.807, 2.05) is 0 Å². The molecule has 4 heteroatoms. The zero-order chi connectivity index (χ0) is 22.6. The number of aliphatic hydroxyl groups excluding tert-OH is 2. The molecule has 2 aromatic rings. The molecule has 3 aliphatic rings. The van der Waals surface area contributed by atoms with E-state index in [2.05, 4.69) is 86.0 Å². The Hall–Kier alpha value is -1.72. The predicted molar refractivity (Wildman–Crippen MR) is 128 cm³/mol. The van der Waals surface area contributed by atoms with Crippen molar-refractivity contribution in [3.05, 3.63) is 70.8 Å². The van der Waals surface area contributed by atoms with Gasteiger partial charge in [0.05, 0.1) is 24.3 Å². The topological polar surface area (TPSA) is 46.9 Å². The average molecular weight is 435 g/mol. The molecule has 1 aliphatic heterocycles. The highest BCUT2D eigenvalue weighted by Gasteiger charge is 2.44. The average Bonchev–Trinajstić information content (AvgIpc) is 3.29. The van der Waals surface area contributed by atoms with Crippen LogP contribution in [0.4, 0.5) is 0 Å². The van der Waals surface area contributed by atoms with Crippen molar-refractivity contribution in [2.75, 3.05) is 13.1 Å². The molecule has 0 spiro atoms. The van der Waals surface area contributed by atoms with Crippen molar-refractivity contribution in [2.24, 2.45) is 11.8 Å². The zero-order valence-corrected chi connectivity index (χ0v) is 19.9. The lowest BCUT2D eigenvalue weighted by Gasteiger charge is -2.49. The van der Waals surface area contributed by atoms with Gasteiger partial charge in [-0.3, -0.25) is 9.80 Å². The lowest BCUT2D eigenvalue weighted by Crippen LogP contribution is -2.56. The van der Waals surface area contributed by atoms with E-state index < -0.39 is 0 Å². The molecule has 0 radical (unpaired) electrons. The number of fused-ring (bicyclic) bond motifs is 2. The van der Waals surface area contributed by atoms with Gasteiger partial charge in [0.15, 0.2) is 0 Å². The van der Waals surface area contributed by atoms with Gasteiger partial charge in [0.1, 0.15) is 0 Å². The van der Waals surface area contributed by atoms with E-state index in [9.17, 15) is 10.2 Å². The monoisotopic (exact) mass is 434 g/mol. The van der Waals surface area contributed by atoms with E-state index in [0.717, 1.165) is 25.9 Å². The van der Waals surface area contributed by atoms with Crippen LogP contribution >= 0.6 is 0 Å². The molecule has 8 atom stereocenters. The van der Waals surface area contributed by atoms with E-state index in [1.54, 1.807) is 0 Å². The highest BCUT2D eigenvalue weighted by Crippen LogP contribution is 2.43. The summed E-state index contributed by atoms with van der Waals surface area (Å²) in [6, 6.07) is 18.0. The summed E-state index contributed by atoms with van der Waals surface area (Å²) in [6.07, 6.45) is 0.811. The largest absolute Gasteiger partial charge is 0.391 e. The second-order valence-corrected chi connectivity index (χ2v) is 10.7. The van der Waals surface area contributed by atoms with E-state index in [1.165, 1.54) is 22.3 Å². The molecule has 2 N–H and O–H groups in total. The van der Waals surface area contributed by atoms with Gasteiger partial charge >= 0.3 is 0 Å². The molecule has 2 aromatic carbocycles. The standard InChI is InChI=1S/C28H38N2O2/c1-17-15-29(27-23-11-7-5-9-21(23)13-25(27)31)20(4)18(2)16-30(19(17)3)28-24-12-8-6-10-22(24)14-26(28)32/h5-12,17-20,25-28,31-32H,13-16H2,1-4H3/t17?,18?,19?,20?,25-,26-,27+,28+/m1/s1. The third-order valence-electron chi connectivity index (χ3n) is 8.74. The first-order chi connectivity index (χ1) is 15.4. The van der Waals surface area contributed by atoms with Crippen LogP contribution in [0.25, 0.3) is 0 Å². The van der Waals surface area contributed by atoms with Gasteiger partial charge in [-0.15, -0.1) is 0 Å². The Morgan fingerprint density at radius 1 is 0.625 bits per heavy atom. The molecule has 172 valence electrons. The molecule has 0 aromatic heterocycles. The highest BCUT2D eigenvalue weighted by atomic mass is 16.3. The minimum Gasteiger partial charge on any atom is -0.391 e. The molecule has 4 unspecified atom stereocenters. The fourth-order valence-corrected chi connectivity index (χ4v) is 6.60. The third-order valence-corrected chi connectivity index (χ3v) is 8.74. The Morgan fingerprint density at radius 3 is 1.41 bits per heavy atom. The Kier molecular flexibility index (Phi) is 5.91. The van der Waals surface area contributed by atoms with Crippen LogP contribution in [-0.2, 0) is 12.8 Å². The molecule has 5 rings (SSSR count). The van der Waals surface area contributed by atoms with Gasteiger partial charge in [-0.05, 0) is 47.9 Å². The van der Waals surface area contributed by atoms with Gasteiger partial charge in [0.2, 0.25) is 0 Å². The van der Waals surface area contributed by atoms with Crippen LogP contribution in [0, 0.1) is 11.8 Å². The van der Waals surface area contributed by atoms with Crippen LogP contribution < -0.4 is 0 Å². The van der Waals surface area contributed by atoms with Crippen LogP contribution in [0.1, 0.15) is 62.0 Å². The van der Waals surface area contributed by atoms with Gasteiger partial charge in [-0.1, -0.05) is 62.4 Å². The van der Waals surface area contributed by atoms with Crippen LogP contribution in [0.15, 0.2) is 48.5 Å². The Bertz CT molecular complexity index is 884. The molecular formula is C28H38N2O2. The third kappa shape index (κ3) is 3.62. The van der Waals surface area contributed by atoms with Gasteiger partial charge in [0, 0.05) is 38.0 Å². The number of benzene rings is 2. The molecule has 1 saturated heterocycles. The summed E-state index contributed by atoms with van der Waals surface area (Å²) in [7, 11) is 0. The number of nitrogens with zero attached hydrogens (tertiary/aromatic N) is 2. The second-order valence-electron chi connectivity index (χ2n) is 10.7. The van der Waals surface area contributed by atoms with Gasteiger partial charge in [-0.25, -0.2) is 0 Å². The summed E-state index contributed by atoms with van der Waals surface area (Å²) in [5, 5.41) is 22.1. The number of hydrogen-bond donors (Lipinski definition) is 2. The second kappa shape index (κ2) is 8.57. The van der Waals surface area contributed by atoms with Crippen molar-refractivity contribution in [1.29, 1.82) is 0 Å². The number of aliphatic hydroxyl groups is 2. The highest BCUT2D eigenvalue weighted by molar-refractivity contribution is 5.38. The number of rotatable bonds is 2. The fourth-order valence-electron chi connectivity index (χ4n) is 6.60. The summed E-state index contributed by atoms with van der Waals surface area (Å²) in [6.45, 7) is 11.2. The first kappa shape index (κ1) is 22.1. The normalized spacial score (nSPS) is 38.2. The predicted octanol–water partition coefficient (Wildman–Crippen LogP) is 3.97. The fraction of sp³-hybridized carbons (Fsp3) is 0.571. The van der Waals surface area contributed by atoms with Crippen molar-refractivity contribution in [1.82, 2.24) is 9.80 Å². The van der Waals surface area contributed by atoms with E-state index in [0.29, 0.717) is 23.9 Å². The van der Waals surface area contributed by atoms with E-state index >= 15 is 0 Å². The molecule has 32 heavy (non-hydrogen) atoms. The maximum Gasteiger partial charge on any atom is 0.0777 e. The maximum atomic E-state index is 11.1. The minimum atomic E-state index is -0.344. The maximum absolute atomic E-state index is 11.1. The minimum absolute atomic E-state index is 0.0719. The summed E-state index contributed by atoms with van der Waals surface area (Å²) < 4.78 is 0. The SMILES string of the molecule is CC1CN([C@H]2c3ccccc3C[C@H]2O)C(C)C(C)CN([C@H]2c3ccccc3C[C@H]2O)C1C. The smallest absolute Gasteiger partial charge is 0.0777 e. The van der Waals surface area contributed by atoms with Crippen molar-refractivity contribution < 1.29 is 10.2 Å². The van der Waals surface area contributed by atoms with Gasteiger partial charge in [0.25, 0.3) is 0 Å². The van der Waals surface area contributed by atoms with Crippen LogP contribution in [0.5, 0.6) is 0 Å². The summed E-state index contributed by atoms with van der Waals surface area (Å²) in [4.78, 5) is 5.16. The molecule has 0 amide bonds. The molecule has 1 heterocycles. The molecule has 2 aliphatic carbocycles. The molecular weight excluding hydrogens is 396 g/mol. The summed E-state index contributed by atoms with van der Waals surface area (Å²) in [5.74, 6) is 0.842. The lowest BCUT2D eigenvalue weighted by molar-refractivity contribution is -0.0481. The molecule has 1 fully saturated rings. The van der Waals surface area contributed by atoms with Gasteiger partial charge in [-0.2, -0.15) is 0 Å².